The van der Waals surface area contributed by atoms with Crippen LogP contribution in [0.4, 0.5) is 0 Å². The number of amides is 1. The van der Waals surface area contributed by atoms with Crippen molar-refractivity contribution >= 4 is 11.6 Å². The van der Waals surface area contributed by atoms with Crippen LogP contribution in [0.15, 0.2) is 35.4 Å². The molecule has 17 heavy (non-hydrogen) atoms. The maximum Gasteiger partial charge on any atom is 0.244 e. The Bertz CT molecular complexity index is 402. The maximum atomic E-state index is 11.6. The number of nitrogens with zero attached hydrogens (tertiary/aromatic N) is 1. The van der Waals surface area contributed by atoms with Crippen LogP contribution in [-0.4, -0.2) is 11.6 Å². The van der Waals surface area contributed by atoms with Gasteiger partial charge in [0, 0.05) is 11.1 Å². The molecule has 0 radical (unpaired) electrons. The number of benzene rings is 1. The van der Waals surface area contributed by atoms with E-state index < -0.39 is 0 Å². The molecule has 0 saturated carbocycles. The minimum Gasteiger partial charge on any atom is -0.273 e. The summed E-state index contributed by atoms with van der Waals surface area (Å²) < 4.78 is 0. The molecule has 0 aliphatic rings. The number of carbonyl (C=O) groups excluding carboxylic acids is 1. The highest BCUT2D eigenvalue weighted by Crippen LogP contribution is 2.14. The number of hydrogen-bond acceptors (Lipinski definition) is 2. The summed E-state index contributed by atoms with van der Waals surface area (Å²) in [5.74, 6) is -0.0835. The number of nitrogens with one attached hydrogen (secondary N) is 1. The zero-order valence-electron chi connectivity index (χ0n) is 10.9. The molecule has 92 valence electrons. The van der Waals surface area contributed by atoms with E-state index in [1.54, 1.807) is 0 Å². The van der Waals surface area contributed by atoms with Crippen LogP contribution in [-0.2, 0) is 11.2 Å². The van der Waals surface area contributed by atoms with Gasteiger partial charge in [-0.3, -0.25) is 4.79 Å². The molecule has 1 aromatic rings. The lowest BCUT2D eigenvalue weighted by molar-refractivity contribution is -0.120. The lowest BCUT2D eigenvalue weighted by Crippen LogP contribution is -2.25. The fourth-order valence-electron chi connectivity index (χ4n) is 1.13. The monoisotopic (exact) mass is 232 g/mol. The molecule has 0 aliphatic carbocycles. The van der Waals surface area contributed by atoms with Gasteiger partial charge >= 0.3 is 0 Å². The standard InChI is InChI=1S/C14H20N2O/c1-11(14(2,3)4)15-16-13(17)10-12-8-6-5-7-9-12/h5-9H,10H2,1-4H3,(H,16,17). The second kappa shape index (κ2) is 5.62. The van der Waals surface area contributed by atoms with Crippen molar-refractivity contribution in [2.24, 2.45) is 10.5 Å². The summed E-state index contributed by atoms with van der Waals surface area (Å²) in [7, 11) is 0. The first kappa shape index (κ1) is 13.4. The van der Waals surface area contributed by atoms with Crippen LogP contribution in [0.5, 0.6) is 0 Å². The number of hydrazone groups is 1. The Morgan fingerprint density at radius 2 is 1.82 bits per heavy atom. The van der Waals surface area contributed by atoms with Crippen LogP contribution >= 0.6 is 0 Å². The molecule has 0 heterocycles. The Balaban J connectivity index is 2.52. The minimum atomic E-state index is -0.0835. The van der Waals surface area contributed by atoms with Gasteiger partial charge in [-0.1, -0.05) is 51.1 Å². The molecule has 3 heteroatoms. The van der Waals surface area contributed by atoms with E-state index in [-0.39, 0.29) is 11.3 Å². The molecular weight excluding hydrogens is 212 g/mol. The molecule has 0 aliphatic heterocycles. The zero-order chi connectivity index (χ0) is 12.9. The van der Waals surface area contributed by atoms with E-state index in [2.05, 4.69) is 31.3 Å². The summed E-state index contributed by atoms with van der Waals surface area (Å²) in [5, 5.41) is 4.11. The smallest absolute Gasteiger partial charge is 0.244 e. The molecule has 1 N–H and O–H groups in total. The summed E-state index contributed by atoms with van der Waals surface area (Å²) in [6.45, 7) is 8.11. The first-order valence-electron chi connectivity index (χ1n) is 5.77. The molecule has 1 amide bonds. The topological polar surface area (TPSA) is 41.5 Å². The second-order valence-corrected chi connectivity index (χ2v) is 5.14. The highest BCUT2D eigenvalue weighted by molar-refractivity contribution is 5.88. The highest BCUT2D eigenvalue weighted by atomic mass is 16.2. The second-order valence-electron chi connectivity index (χ2n) is 5.14. The maximum absolute atomic E-state index is 11.6. The van der Waals surface area contributed by atoms with E-state index in [0.717, 1.165) is 11.3 Å². The van der Waals surface area contributed by atoms with Crippen LogP contribution in [0.25, 0.3) is 0 Å². The first-order chi connectivity index (χ1) is 7.89. The Hall–Kier alpha value is -1.64. The van der Waals surface area contributed by atoms with Gasteiger partial charge in [-0.05, 0) is 12.5 Å². The normalized spacial score (nSPS) is 12.4. The van der Waals surface area contributed by atoms with E-state index in [4.69, 9.17) is 0 Å². The van der Waals surface area contributed by atoms with Gasteiger partial charge in [0.05, 0.1) is 6.42 Å². The first-order valence-corrected chi connectivity index (χ1v) is 5.77. The van der Waals surface area contributed by atoms with Crippen molar-refractivity contribution in [1.82, 2.24) is 5.43 Å². The van der Waals surface area contributed by atoms with Crippen molar-refractivity contribution in [3.05, 3.63) is 35.9 Å². The number of hydrogen-bond donors (Lipinski definition) is 1. The number of rotatable bonds is 3. The van der Waals surface area contributed by atoms with Crippen molar-refractivity contribution in [3.8, 4) is 0 Å². The van der Waals surface area contributed by atoms with Gasteiger partial charge in [-0.25, -0.2) is 5.43 Å². The van der Waals surface area contributed by atoms with Gasteiger partial charge in [0.1, 0.15) is 0 Å². The van der Waals surface area contributed by atoms with Crippen molar-refractivity contribution < 1.29 is 4.79 Å². The van der Waals surface area contributed by atoms with E-state index >= 15 is 0 Å². The Morgan fingerprint density at radius 3 is 2.35 bits per heavy atom. The van der Waals surface area contributed by atoms with Crippen LogP contribution in [0.2, 0.25) is 0 Å². The molecule has 0 atom stereocenters. The molecule has 3 nitrogen and oxygen atoms in total. The summed E-state index contributed by atoms with van der Waals surface area (Å²) in [4.78, 5) is 11.6. The predicted octanol–water partition coefficient (Wildman–Crippen LogP) is 2.77. The molecule has 0 saturated heterocycles. The van der Waals surface area contributed by atoms with Gasteiger partial charge in [0.25, 0.3) is 0 Å². The molecule has 0 bridgehead atoms. The molecule has 0 spiro atoms. The molecule has 0 unspecified atom stereocenters. The lowest BCUT2D eigenvalue weighted by atomic mass is 9.91. The van der Waals surface area contributed by atoms with E-state index in [1.165, 1.54) is 0 Å². The third-order valence-corrected chi connectivity index (χ3v) is 2.64. The molecule has 1 rings (SSSR count). The SMILES string of the molecule is CC(=NNC(=O)Cc1ccccc1)C(C)(C)C. The average Bonchev–Trinajstić information content (AvgIpc) is 2.26. The summed E-state index contributed by atoms with van der Waals surface area (Å²) >= 11 is 0. The third-order valence-electron chi connectivity index (χ3n) is 2.64. The van der Waals surface area contributed by atoms with Crippen molar-refractivity contribution in [2.75, 3.05) is 0 Å². The van der Waals surface area contributed by atoms with E-state index in [0.29, 0.717) is 6.42 Å². The van der Waals surface area contributed by atoms with Crippen molar-refractivity contribution in [2.45, 2.75) is 34.1 Å². The quantitative estimate of drug-likeness (QED) is 0.632. The summed E-state index contributed by atoms with van der Waals surface area (Å²) in [6, 6.07) is 9.64. The fraction of sp³-hybridized carbons (Fsp3) is 0.429. The third kappa shape index (κ3) is 4.81. The largest absolute Gasteiger partial charge is 0.273 e. The molecular formula is C14H20N2O. The van der Waals surface area contributed by atoms with Crippen molar-refractivity contribution in [3.63, 3.8) is 0 Å². The minimum absolute atomic E-state index is 0.0139. The molecule has 1 aromatic carbocycles. The van der Waals surface area contributed by atoms with Gasteiger partial charge < -0.3 is 0 Å². The van der Waals surface area contributed by atoms with Crippen LogP contribution < -0.4 is 5.43 Å². The van der Waals surface area contributed by atoms with Crippen LogP contribution in [0, 0.1) is 5.41 Å². The lowest BCUT2D eigenvalue weighted by Gasteiger charge is -2.17. The van der Waals surface area contributed by atoms with Gasteiger partial charge in [0.15, 0.2) is 0 Å². The summed E-state index contributed by atoms with van der Waals surface area (Å²) in [5.41, 5.74) is 4.48. The van der Waals surface area contributed by atoms with E-state index in [9.17, 15) is 4.79 Å². The average molecular weight is 232 g/mol. The fourth-order valence-corrected chi connectivity index (χ4v) is 1.13. The summed E-state index contributed by atoms with van der Waals surface area (Å²) in [6.07, 6.45) is 0.363. The number of carbonyl (C=O) groups is 1. The molecule has 0 aromatic heterocycles. The highest BCUT2D eigenvalue weighted by Gasteiger charge is 2.14. The van der Waals surface area contributed by atoms with Crippen LogP contribution in [0.1, 0.15) is 33.3 Å². The van der Waals surface area contributed by atoms with Gasteiger partial charge in [-0.2, -0.15) is 5.10 Å². The van der Waals surface area contributed by atoms with E-state index in [1.807, 2.05) is 37.3 Å². The predicted molar refractivity (Wildman–Crippen MR) is 70.9 cm³/mol. The van der Waals surface area contributed by atoms with Crippen molar-refractivity contribution in [1.29, 1.82) is 0 Å². The van der Waals surface area contributed by atoms with Crippen LogP contribution in [0.3, 0.4) is 0 Å². The zero-order valence-corrected chi connectivity index (χ0v) is 10.9. The Labute approximate surface area is 103 Å². The van der Waals surface area contributed by atoms with Gasteiger partial charge in [-0.15, -0.1) is 0 Å². The van der Waals surface area contributed by atoms with Gasteiger partial charge in [0.2, 0.25) is 5.91 Å². The Morgan fingerprint density at radius 1 is 1.24 bits per heavy atom. The molecule has 0 fully saturated rings. The Kier molecular flexibility index (Phi) is 4.44.